The molecule has 0 bridgehead atoms. The van der Waals surface area contributed by atoms with Crippen molar-refractivity contribution in [3.63, 3.8) is 0 Å². The van der Waals surface area contributed by atoms with E-state index in [9.17, 15) is 9.90 Å². The third-order valence-corrected chi connectivity index (χ3v) is 3.89. The molecule has 2 N–H and O–H groups in total. The minimum atomic E-state index is -0.413. The summed E-state index contributed by atoms with van der Waals surface area (Å²) in [5.41, 5.74) is 4.97. The fourth-order valence-electron chi connectivity index (χ4n) is 2.39. The number of carbonyl (C=O) groups is 1. The van der Waals surface area contributed by atoms with E-state index in [0.29, 0.717) is 17.0 Å². The Bertz CT molecular complexity index is 1030. The zero-order valence-electron chi connectivity index (χ0n) is 15.8. The largest absolute Gasteiger partial charge is 0.507 e. The average Bonchev–Trinajstić information content (AvgIpc) is 2.74. The Balaban J connectivity index is 1.57. The maximum atomic E-state index is 11.9. The Labute approximate surface area is 168 Å². The molecule has 0 heterocycles. The second-order valence-electron chi connectivity index (χ2n) is 6.13. The number of ether oxygens (including phenoxy) is 1. The van der Waals surface area contributed by atoms with Crippen LogP contribution in [0.4, 0.5) is 11.4 Å². The minimum absolute atomic E-state index is 0.0119. The van der Waals surface area contributed by atoms with Gasteiger partial charge in [0.15, 0.2) is 6.61 Å². The summed E-state index contributed by atoms with van der Waals surface area (Å²) < 4.78 is 5.46. The number of nitrogens with one attached hydrogen (secondary N) is 1. The number of hydrogen-bond donors (Lipinski definition) is 2. The summed E-state index contributed by atoms with van der Waals surface area (Å²) >= 11 is 0. The van der Waals surface area contributed by atoms with Crippen molar-refractivity contribution in [2.75, 3.05) is 6.61 Å². The van der Waals surface area contributed by atoms with Crippen molar-refractivity contribution in [3.8, 4) is 11.5 Å². The Kier molecular flexibility index (Phi) is 6.67. The van der Waals surface area contributed by atoms with Crippen LogP contribution in [0, 0.1) is 6.92 Å². The molecule has 3 aromatic rings. The molecule has 0 unspecified atom stereocenters. The van der Waals surface area contributed by atoms with Crippen LogP contribution in [0.15, 0.2) is 88.1 Å². The third-order valence-electron chi connectivity index (χ3n) is 3.89. The summed E-state index contributed by atoms with van der Waals surface area (Å²) in [4.78, 5) is 11.9. The first kappa shape index (κ1) is 19.8. The summed E-state index contributed by atoms with van der Waals surface area (Å²) in [6, 6.07) is 21.5. The molecule has 0 saturated heterocycles. The summed E-state index contributed by atoms with van der Waals surface area (Å²) in [6.07, 6.45) is 1.34. The van der Waals surface area contributed by atoms with Gasteiger partial charge in [0.2, 0.25) is 0 Å². The van der Waals surface area contributed by atoms with Gasteiger partial charge in [-0.1, -0.05) is 36.4 Å². The Morgan fingerprint density at radius 2 is 1.72 bits per heavy atom. The molecule has 0 atom stereocenters. The third kappa shape index (κ3) is 6.00. The number of aryl methyl sites for hydroxylation is 1. The van der Waals surface area contributed by atoms with Gasteiger partial charge in [0.25, 0.3) is 5.91 Å². The molecule has 0 aromatic heterocycles. The number of rotatable bonds is 7. The maximum Gasteiger partial charge on any atom is 0.277 e. The molecular weight excluding hydrogens is 368 g/mol. The molecule has 0 spiro atoms. The first-order chi connectivity index (χ1) is 14.1. The van der Waals surface area contributed by atoms with E-state index in [0.717, 1.165) is 11.3 Å². The van der Waals surface area contributed by atoms with Gasteiger partial charge in [0.05, 0.1) is 17.6 Å². The molecule has 7 heteroatoms. The predicted molar refractivity (Wildman–Crippen MR) is 111 cm³/mol. The van der Waals surface area contributed by atoms with Gasteiger partial charge in [-0.05, 0) is 48.9 Å². The van der Waals surface area contributed by atoms with Crippen molar-refractivity contribution in [1.82, 2.24) is 5.43 Å². The van der Waals surface area contributed by atoms with E-state index in [1.165, 1.54) is 12.3 Å². The van der Waals surface area contributed by atoms with Crippen molar-refractivity contribution in [3.05, 3.63) is 83.9 Å². The molecule has 0 fully saturated rings. The molecule has 146 valence electrons. The monoisotopic (exact) mass is 388 g/mol. The molecule has 1 amide bonds. The van der Waals surface area contributed by atoms with Crippen LogP contribution < -0.4 is 10.2 Å². The van der Waals surface area contributed by atoms with E-state index in [2.05, 4.69) is 20.8 Å². The topological polar surface area (TPSA) is 95.6 Å². The fourth-order valence-corrected chi connectivity index (χ4v) is 2.39. The van der Waals surface area contributed by atoms with Gasteiger partial charge < -0.3 is 9.84 Å². The van der Waals surface area contributed by atoms with Crippen LogP contribution in [0.2, 0.25) is 0 Å². The van der Waals surface area contributed by atoms with Gasteiger partial charge in [0, 0.05) is 5.56 Å². The SMILES string of the molecule is Cc1ccccc1OCC(=O)NN=Cc1cc(N=Nc2ccccc2)ccc1O. The molecule has 0 aliphatic heterocycles. The smallest absolute Gasteiger partial charge is 0.277 e. The normalized spacial score (nSPS) is 11.1. The van der Waals surface area contributed by atoms with Crippen molar-refractivity contribution < 1.29 is 14.6 Å². The summed E-state index contributed by atoms with van der Waals surface area (Å²) in [7, 11) is 0. The highest BCUT2D eigenvalue weighted by atomic mass is 16.5. The zero-order chi connectivity index (χ0) is 20.5. The lowest BCUT2D eigenvalue weighted by molar-refractivity contribution is -0.123. The fraction of sp³-hybridized carbons (Fsp3) is 0.0909. The first-order valence-corrected chi connectivity index (χ1v) is 8.92. The summed E-state index contributed by atoms with van der Waals surface area (Å²) in [6.45, 7) is 1.73. The number of amides is 1. The van der Waals surface area contributed by atoms with Crippen molar-refractivity contribution in [1.29, 1.82) is 0 Å². The lowest BCUT2D eigenvalue weighted by Gasteiger charge is -2.07. The summed E-state index contributed by atoms with van der Waals surface area (Å²) in [5.74, 6) is 0.238. The standard InChI is InChI=1S/C22H20N4O3/c1-16-7-5-6-10-21(16)29-15-22(28)26-23-14-17-13-19(11-12-20(17)27)25-24-18-8-3-2-4-9-18/h2-14,27H,15H2,1H3,(H,26,28). The van der Waals surface area contributed by atoms with Crippen LogP contribution in [-0.4, -0.2) is 23.8 Å². The highest BCUT2D eigenvalue weighted by molar-refractivity contribution is 5.86. The van der Waals surface area contributed by atoms with E-state index in [-0.39, 0.29) is 12.4 Å². The second-order valence-corrected chi connectivity index (χ2v) is 6.13. The summed E-state index contributed by atoms with van der Waals surface area (Å²) in [5, 5.41) is 22.1. The van der Waals surface area contributed by atoms with Crippen molar-refractivity contribution >= 4 is 23.5 Å². The minimum Gasteiger partial charge on any atom is -0.507 e. The lowest BCUT2D eigenvalue weighted by Crippen LogP contribution is -2.24. The second kappa shape index (κ2) is 9.80. The maximum absolute atomic E-state index is 11.9. The molecule has 3 aromatic carbocycles. The molecule has 0 radical (unpaired) electrons. The number of benzene rings is 3. The number of phenolic OH excluding ortho intramolecular Hbond substituents is 1. The van der Waals surface area contributed by atoms with Crippen LogP contribution >= 0.6 is 0 Å². The highest BCUT2D eigenvalue weighted by Gasteiger charge is 2.04. The zero-order valence-corrected chi connectivity index (χ0v) is 15.8. The van der Waals surface area contributed by atoms with Crippen LogP contribution in [-0.2, 0) is 4.79 Å². The Morgan fingerprint density at radius 1 is 1.00 bits per heavy atom. The molecule has 0 aliphatic rings. The molecule has 7 nitrogen and oxygen atoms in total. The highest BCUT2D eigenvalue weighted by Crippen LogP contribution is 2.24. The Morgan fingerprint density at radius 3 is 2.52 bits per heavy atom. The Hall–Kier alpha value is -4.00. The molecule has 0 aliphatic carbocycles. The van der Waals surface area contributed by atoms with Crippen LogP contribution in [0.25, 0.3) is 0 Å². The van der Waals surface area contributed by atoms with E-state index < -0.39 is 5.91 Å². The van der Waals surface area contributed by atoms with Gasteiger partial charge in [-0.25, -0.2) is 5.43 Å². The number of hydrogen-bond acceptors (Lipinski definition) is 6. The number of phenols is 1. The first-order valence-electron chi connectivity index (χ1n) is 8.92. The van der Waals surface area contributed by atoms with E-state index in [4.69, 9.17) is 4.74 Å². The van der Waals surface area contributed by atoms with Gasteiger partial charge in [-0.3, -0.25) is 4.79 Å². The number of aromatic hydroxyl groups is 1. The molecule has 0 saturated carbocycles. The molecule has 3 rings (SSSR count). The average molecular weight is 388 g/mol. The number of para-hydroxylation sites is 1. The van der Waals surface area contributed by atoms with E-state index in [1.807, 2.05) is 55.5 Å². The van der Waals surface area contributed by atoms with Gasteiger partial charge in [-0.2, -0.15) is 15.3 Å². The van der Waals surface area contributed by atoms with E-state index >= 15 is 0 Å². The van der Waals surface area contributed by atoms with Crippen LogP contribution in [0.1, 0.15) is 11.1 Å². The predicted octanol–water partition coefficient (Wildman–Crippen LogP) is 4.65. The van der Waals surface area contributed by atoms with Gasteiger partial charge in [0.1, 0.15) is 11.5 Å². The van der Waals surface area contributed by atoms with Crippen LogP contribution in [0.3, 0.4) is 0 Å². The lowest BCUT2D eigenvalue weighted by atomic mass is 10.2. The van der Waals surface area contributed by atoms with E-state index in [1.54, 1.807) is 18.2 Å². The van der Waals surface area contributed by atoms with Crippen LogP contribution in [0.5, 0.6) is 11.5 Å². The van der Waals surface area contributed by atoms with Gasteiger partial charge in [-0.15, -0.1) is 0 Å². The number of azo groups is 1. The molecular formula is C22H20N4O3. The molecule has 29 heavy (non-hydrogen) atoms. The van der Waals surface area contributed by atoms with Crippen molar-refractivity contribution in [2.45, 2.75) is 6.92 Å². The quantitative estimate of drug-likeness (QED) is 0.350. The number of hydrazone groups is 1. The number of nitrogens with zero attached hydrogens (tertiary/aromatic N) is 3. The van der Waals surface area contributed by atoms with Crippen molar-refractivity contribution in [2.24, 2.45) is 15.3 Å². The van der Waals surface area contributed by atoms with Gasteiger partial charge >= 0.3 is 0 Å². The number of carbonyl (C=O) groups excluding carboxylic acids is 1.